The Bertz CT molecular complexity index is 703. The predicted octanol–water partition coefficient (Wildman–Crippen LogP) is 7.85. The van der Waals surface area contributed by atoms with Crippen molar-refractivity contribution in [2.24, 2.45) is 5.41 Å². The van der Waals surface area contributed by atoms with Crippen LogP contribution in [0, 0.1) is 11.2 Å². The Balaban J connectivity index is 0.00000176. The number of benzene rings is 2. The predicted molar refractivity (Wildman–Crippen MR) is 116 cm³/mol. The molecule has 0 heterocycles. The van der Waals surface area contributed by atoms with Gasteiger partial charge in [0.25, 0.3) is 0 Å². The Morgan fingerprint density at radius 3 is 2.26 bits per heavy atom. The Morgan fingerprint density at radius 1 is 0.963 bits per heavy atom. The van der Waals surface area contributed by atoms with Crippen molar-refractivity contribution >= 4 is 0 Å². The van der Waals surface area contributed by atoms with Crippen LogP contribution in [0.25, 0.3) is 11.1 Å². The average molecular weight is 373 g/mol. The standard InChI is InChI=1S/C23H31FO.C2H6/c1-6-8-13-23(3,4)16-18-14-17(7-2)9-11-20(18)21-15-19(25-5)10-12-22(21)24;1-2/h9-12,14-15H,6-8,13,16H2,1-5H3;1-2H3. The van der Waals surface area contributed by atoms with Crippen molar-refractivity contribution < 1.29 is 9.13 Å². The molecule has 0 aliphatic carbocycles. The van der Waals surface area contributed by atoms with Gasteiger partial charge in [-0.3, -0.25) is 0 Å². The van der Waals surface area contributed by atoms with Crippen LogP contribution < -0.4 is 4.74 Å². The van der Waals surface area contributed by atoms with Gasteiger partial charge in [0.2, 0.25) is 0 Å². The van der Waals surface area contributed by atoms with Gasteiger partial charge in [0.05, 0.1) is 7.11 Å². The van der Waals surface area contributed by atoms with Crippen molar-refractivity contribution in [3.63, 3.8) is 0 Å². The Kier molecular flexibility index (Phi) is 9.55. The molecule has 0 aliphatic rings. The lowest BCUT2D eigenvalue weighted by Crippen LogP contribution is -2.16. The zero-order chi connectivity index (χ0) is 20.4. The summed E-state index contributed by atoms with van der Waals surface area (Å²) in [5.74, 6) is 0.491. The van der Waals surface area contributed by atoms with Crippen LogP contribution in [-0.4, -0.2) is 7.11 Å². The normalized spacial score (nSPS) is 11.0. The molecule has 2 heteroatoms. The molecule has 0 unspecified atom stereocenters. The van der Waals surface area contributed by atoms with E-state index < -0.39 is 0 Å². The van der Waals surface area contributed by atoms with Crippen molar-refractivity contribution in [3.05, 3.63) is 53.3 Å². The van der Waals surface area contributed by atoms with E-state index in [4.69, 9.17) is 4.74 Å². The van der Waals surface area contributed by atoms with E-state index in [1.54, 1.807) is 19.2 Å². The minimum absolute atomic E-state index is 0.197. The molecular formula is C25H37FO. The first-order valence-electron chi connectivity index (χ1n) is 10.4. The first kappa shape index (κ1) is 23.2. The summed E-state index contributed by atoms with van der Waals surface area (Å²) < 4.78 is 19.8. The average Bonchev–Trinajstić information content (AvgIpc) is 2.68. The quantitative estimate of drug-likeness (QED) is 0.458. The molecule has 0 aromatic heterocycles. The van der Waals surface area contributed by atoms with Crippen molar-refractivity contribution in [2.75, 3.05) is 7.11 Å². The van der Waals surface area contributed by atoms with E-state index in [2.05, 4.69) is 45.9 Å². The summed E-state index contributed by atoms with van der Waals surface area (Å²) in [6, 6.07) is 11.4. The van der Waals surface area contributed by atoms with E-state index in [1.807, 2.05) is 13.8 Å². The molecule has 2 rings (SSSR count). The summed E-state index contributed by atoms with van der Waals surface area (Å²) in [5.41, 5.74) is 4.34. The van der Waals surface area contributed by atoms with Crippen molar-refractivity contribution in [1.82, 2.24) is 0 Å². The minimum atomic E-state index is -0.197. The van der Waals surface area contributed by atoms with E-state index in [0.29, 0.717) is 11.3 Å². The number of hydrogen-bond acceptors (Lipinski definition) is 1. The van der Waals surface area contributed by atoms with Crippen molar-refractivity contribution in [2.45, 2.75) is 73.6 Å². The molecule has 2 aromatic carbocycles. The Morgan fingerprint density at radius 2 is 1.67 bits per heavy atom. The molecule has 0 saturated carbocycles. The summed E-state index contributed by atoms with van der Waals surface area (Å²) in [6.45, 7) is 13.0. The van der Waals surface area contributed by atoms with Crippen LogP contribution in [0.5, 0.6) is 5.75 Å². The fraction of sp³-hybridized carbons (Fsp3) is 0.520. The third-order valence-electron chi connectivity index (χ3n) is 4.92. The highest BCUT2D eigenvalue weighted by molar-refractivity contribution is 5.70. The van der Waals surface area contributed by atoms with Crippen LogP contribution in [0.15, 0.2) is 36.4 Å². The summed E-state index contributed by atoms with van der Waals surface area (Å²) in [4.78, 5) is 0. The van der Waals surface area contributed by atoms with Crippen LogP contribution in [0.3, 0.4) is 0 Å². The van der Waals surface area contributed by atoms with Gasteiger partial charge in [-0.25, -0.2) is 4.39 Å². The van der Waals surface area contributed by atoms with Crippen molar-refractivity contribution in [1.29, 1.82) is 0 Å². The first-order chi connectivity index (χ1) is 12.9. The number of unbranched alkanes of at least 4 members (excludes halogenated alkanes) is 1. The molecule has 0 amide bonds. The first-order valence-corrected chi connectivity index (χ1v) is 10.4. The lowest BCUT2D eigenvalue weighted by atomic mass is 9.79. The van der Waals surface area contributed by atoms with Gasteiger partial charge in [-0.1, -0.05) is 72.6 Å². The van der Waals surface area contributed by atoms with Crippen LogP contribution in [0.2, 0.25) is 0 Å². The van der Waals surface area contributed by atoms with E-state index in [0.717, 1.165) is 18.4 Å². The van der Waals surface area contributed by atoms with E-state index >= 15 is 0 Å². The molecule has 0 bridgehead atoms. The second-order valence-electron chi connectivity index (χ2n) is 7.64. The third kappa shape index (κ3) is 6.68. The zero-order valence-corrected chi connectivity index (χ0v) is 18.3. The number of aryl methyl sites for hydroxylation is 1. The highest BCUT2D eigenvalue weighted by Gasteiger charge is 2.21. The van der Waals surface area contributed by atoms with Crippen LogP contribution in [0.4, 0.5) is 4.39 Å². The highest BCUT2D eigenvalue weighted by atomic mass is 19.1. The van der Waals surface area contributed by atoms with E-state index in [1.165, 1.54) is 36.5 Å². The molecule has 27 heavy (non-hydrogen) atoms. The molecule has 0 spiro atoms. The second kappa shape index (κ2) is 11.1. The number of ether oxygens (including phenoxy) is 1. The highest BCUT2D eigenvalue weighted by Crippen LogP contribution is 2.36. The topological polar surface area (TPSA) is 9.23 Å². The van der Waals surface area contributed by atoms with Crippen LogP contribution >= 0.6 is 0 Å². The maximum atomic E-state index is 14.5. The molecular weight excluding hydrogens is 335 g/mol. The smallest absolute Gasteiger partial charge is 0.131 e. The molecule has 0 N–H and O–H groups in total. The SMILES string of the molecule is CC.CCCCC(C)(C)Cc1cc(CC)ccc1-c1cc(OC)ccc1F. The summed E-state index contributed by atoms with van der Waals surface area (Å²) in [7, 11) is 1.62. The fourth-order valence-electron chi connectivity index (χ4n) is 3.37. The van der Waals surface area contributed by atoms with Gasteiger partial charge in [-0.05, 0) is 59.6 Å². The Hall–Kier alpha value is -1.83. The van der Waals surface area contributed by atoms with Gasteiger partial charge in [0.1, 0.15) is 11.6 Å². The van der Waals surface area contributed by atoms with Gasteiger partial charge in [-0.15, -0.1) is 0 Å². The number of halogens is 1. The molecule has 2 aromatic rings. The number of rotatable bonds is 8. The summed E-state index contributed by atoms with van der Waals surface area (Å²) >= 11 is 0. The maximum absolute atomic E-state index is 14.5. The lowest BCUT2D eigenvalue weighted by molar-refractivity contribution is 0.321. The largest absolute Gasteiger partial charge is 0.497 e. The molecule has 150 valence electrons. The fourth-order valence-corrected chi connectivity index (χ4v) is 3.37. The number of methoxy groups -OCH3 is 1. The summed E-state index contributed by atoms with van der Waals surface area (Å²) in [6.07, 6.45) is 5.55. The minimum Gasteiger partial charge on any atom is -0.497 e. The van der Waals surface area contributed by atoms with E-state index in [-0.39, 0.29) is 11.2 Å². The van der Waals surface area contributed by atoms with Gasteiger partial charge in [0, 0.05) is 5.56 Å². The summed E-state index contributed by atoms with van der Waals surface area (Å²) in [5, 5.41) is 0. The lowest BCUT2D eigenvalue weighted by Gasteiger charge is -2.26. The molecule has 0 radical (unpaired) electrons. The van der Waals surface area contributed by atoms with Crippen LogP contribution in [0.1, 0.15) is 71.9 Å². The zero-order valence-electron chi connectivity index (χ0n) is 18.3. The maximum Gasteiger partial charge on any atom is 0.131 e. The monoisotopic (exact) mass is 372 g/mol. The third-order valence-corrected chi connectivity index (χ3v) is 4.92. The molecule has 0 fully saturated rings. The molecule has 0 aliphatic heterocycles. The van der Waals surface area contributed by atoms with E-state index in [9.17, 15) is 4.39 Å². The van der Waals surface area contributed by atoms with Gasteiger partial charge >= 0.3 is 0 Å². The second-order valence-corrected chi connectivity index (χ2v) is 7.64. The molecule has 0 saturated heterocycles. The molecule has 0 atom stereocenters. The van der Waals surface area contributed by atoms with Gasteiger partial charge < -0.3 is 4.74 Å². The van der Waals surface area contributed by atoms with Crippen LogP contribution in [-0.2, 0) is 12.8 Å². The number of hydrogen-bond donors (Lipinski definition) is 0. The van der Waals surface area contributed by atoms with Gasteiger partial charge in [0.15, 0.2) is 0 Å². The Labute approximate surface area is 166 Å². The van der Waals surface area contributed by atoms with Gasteiger partial charge in [-0.2, -0.15) is 0 Å². The van der Waals surface area contributed by atoms with Crippen molar-refractivity contribution in [3.8, 4) is 16.9 Å². The molecule has 1 nitrogen and oxygen atoms in total.